The Morgan fingerprint density at radius 2 is 1.55 bits per heavy atom. The molecule has 0 fully saturated rings. The van der Waals surface area contributed by atoms with Crippen LogP contribution in [0.1, 0.15) is 10.4 Å². The van der Waals surface area contributed by atoms with Crippen LogP contribution < -0.4 is 4.90 Å². The van der Waals surface area contributed by atoms with Crippen LogP contribution in [0.3, 0.4) is 0 Å². The monoisotopic (exact) mass is 369 g/mol. The molecule has 0 aliphatic rings. The van der Waals surface area contributed by atoms with Crippen molar-refractivity contribution in [1.82, 2.24) is 0 Å². The topological polar surface area (TPSA) is 107 Å². The van der Waals surface area contributed by atoms with E-state index in [4.69, 9.17) is 34.8 Å². The summed E-state index contributed by atoms with van der Waals surface area (Å²) < 4.78 is 0. The van der Waals surface area contributed by atoms with Crippen molar-refractivity contribution in [3.05, 3.63) is 37.9 Å². The third-order valence-electron chi connectivity index (χ3n) is 2.75. The third-order valence-corrected chi connectivity index (χ3v) is 3.29. The van der Waals surface area contributed by atoms with Crippen LogP contribution >= 0.6 is 34.8 Å². The lowest BCUT2D eigenvalue weighted by atomic mass is 10.1. The SMILES string of the molecule is O=C(Cl)c1cc([N+](=O)[O-])c(N(CCCl)CCCl)cc1[N+](=O)[O-]. The lowest BCUT2D eigenvalue weighted by Gasteiger charge is -2.22. The Labute approximate surface area is 139 Å². The lowest BCUT2D eigenvalue weighted by Crippen LogP contribution is -2.28. The van der Waals surface area contributed by atoms with Gasteiger partial charge in [0.1, 0.15) is 11.3 Å². The minimum absolute atomic E-state index is 0.0420. The minimum Gasteiger partial charge on any atom is -0.363 e. The molecule has 1 rings (SSSR count). The molecule has 0 heterocycles. The Morgan fingerprint density at radius 3 is 1.91 bits per heavy atom. The average molecular weight is 371 g/mol. The van der Waals surface area contributed by atoms with E-state index in [1.54, 1.807) is 0 Å². The number of carbonyl (C=O) groups excluding carboxylic acids is 1. The summed E-state index contributed by atoms with van der Waals surface area (Å²) in [5.41, 5.74) is -1.68. The fourth-order valence-electron chi connectivity index (χ4n) is 1.83. The van der Waals surface area contributed by atoms with Crippen LogP contribution in [-0.4, -0.2) is 39.9 Å². The van der Waals surface area contributed by atoms with Crippen molar-refractivity contribution in [3.8, 4) is 0 Å². The number of rotatable bonds is 8. The molecule has 0 saturated carbocycles. The number of nitro benzene ring substituents is 2. The van der Waals surface area contributed by atoms with E-state index in [0.29, 0.717) is 0 Å². The van der Waals surface area contributed by atoms with Gasteiger partial charge in [0.05, 0.1) is 9.85 Å². The number of hydrogen-bond donors (Lipinski definition) is 0. The highest BCUT2D eigenvalue weighted by Crippen LogP contribution is 2.36. The molecule has 0 spiro atoms. The quantitative estimate of drug-likeness (QED) is 0.301. The van der Waals surface area contributed by atoms with Crippen LogP contribution in [0.25, 0.3) is 0 Å². The molecule has 11 heteroatoms. The largest absolute Gasteiger partial charge is 0.363 e. The molecule has 0 aliphatic heterocycles. The van der Waals surface area contributed by atoms with Crippen LogP contribution in [-0.2, 0) is 0 Å². The molecule has 1 aromatic rings. The van der Waals surface area contributed by atoms with Gasteiger partial charge < -0.3 is 4.90 Å². The van der Waals surface area contributed by atoms with Gasteiger partial charge in [-0.2, -0.15) is 0 Å². The number of anilines is 1. The van der Waals surface area contributed by atoms with Gasteiger partial charge in [-0.15, -0.1) is 23.2 Å². The van der Waals surface area contributed by atoms with Gasteiger partial charge in [0.2, 0.25) is 0 Å². The first kappa shape index (κ1) is 18.4. The third kappa shape index (κ3) is 4.19. The van der Waals surface area contributed by atoms with Crippen molar-refractivity contribution >= 4 is 57.1 Å². The molecule has 0 amide bonds. The number of carbonyl (C=O) groups is 1. The van der Waals surface area contributed by atoms with Crippen LogP contribution in [0, 0.1) is 20.2 Å². The van der Waals surface area contributed by atoms with E-state index >= 15 is 0 Å². The summed E-state index contributed by atoms with van der Waals surface area (Å²) in [6.07, 6.45) is 0. The second kappa shape index (κ2) is 8.11. The van der Waals surface area contributed by atoms with Gasteiger partial charge in [-0.1, -0.05) is 0 Å². The van der Waals surface area contributed by atoms with Gasteiger partial charge >= 0.3 is 0 Å². The van der Waals surface area contributed by atoms with Gasteiger partial charge in [-0.3, -0.25) is 25.0 Å². The Hall–Kier alpha value is -1.64. The second-order valence-electron chi connectivity index (χ2n) is 4.01. The molecule has 0 bridgehead atoms. The standard InChI is InChI=1S/C11H10Cl3N3O5/c12-1-3-15(4-2-13)9-6-8(16(19)20)7(11(14)18)5-10(9)17(21)22/h5-6H,1-4H2. The maximum Gasteiger partial charge on any atom is 0.293 e. The zero-order chi connectivity index (χ0) is 16.9. The first-order valence-electron chi connectivity index (χ1n) is 5.87. The van der Waals surface area contributed by atoms with E-state index in [9.17, 15) is 25.0 Å². The highest BCUT2D eigenvalue weighted by Gasteiger charge is 2.29. The molecule has 0 unspecified atom stereocenters. The van der Waals surface area contributed by atoms with Crippen molar-refractivity contribution in [2.45, 2.75) is 0 Å². The molecule has 0 aliphatic carbocycles. The van der Waals surface area contributed by atoms with Crippen molar-refractivity contribution < 1.29 is 14.6 Å². The molecule has 1 aromatic carbocycles. The summed E-state index contributed by atoms with van der Waals surface area (Å²) in [5, 5.41) is 21.1. The Balaban J connectivity index is 3.59. The molecule has 0 N–H and O–H groups in total. The van der Waals surface area contributed by atoms with E-state index in [0.717, 1.165) is 12.1 Å². The maximum absolute atomic E-state index is 11.3. The Kier molecular flexibility index (Phi) is 6.79. The highest BCUT2D eigenvalue weighted by atomic mass is 35.5. The number of benzene rings is 1. The van der Waals surface area contributed by atoms with E-state index in [2.05, 4.69) is 0 Å². The molecular weight excluding hydrogens is 360 g/mol. The first-order valence-corrected chi connectivity index (χ1v) is 7.31. The molecular formula is C11H10Cl3N3O5. The molecule has 22 heavy (non-hydrogen) atoms. The van der Waals surface area contributed by atoms with Gasteiger partial charge in [-0.05, 0) is 11.6 Å². The number of nitro groups is 2. The number of nitrogens with zero attached hydrogens (tertiary/aromatic N) is 3. The van der Waals surface area contributed by atoms with Crippen LogP contribution in [0.4, 0.5) is 17.1 Å². The Bertz CT molecular complexity index is 605. The van der Waals surface area contributed by atoms with Gasteiger partial charge in [-0.25, -0.2) is 0 Å². The lowest BCUT2D eigenvalue weighted by molar-refractivity contribution is -0.388. The van der Waals surface area contributed by atoms with Crippen LogP contribution in [0.15, 0.2) is 12.1 Å². The summed E-state index contributed by atoms with van der Waals surface area (Å²) in [7, 11) is 0. The number of halogens is 3. The second-order valence-corrected chi connectivity index (χ2v) is 5.11. The van der Waals surface area contributed by atoms with Crippen LogP contribution in [0.2, 0.25) is 0 Å². The normalized spacial score (nSPS) is 10.3. The van der Waals surface area contributed by atoms with E-state index in [-0.39, 0.29) is 30.5 Å². The summed E-state index contributed by atoms with van der Waals surface area (Å²) >= 11 is 16.5. The number of hydrogen-bond acceptors (Lipinski definition) is 6. The fourth-order valence-corrected chi connectivity index (χ4v) is 2.39. The molecule has 0 aromatic heterocycles. The van der Waals surface area contributed by atoms with Crippen molar-refractivity contribution in [3.63, 3.8) is 0 Å². The molecule has 0 radical (unpaired) electrons. The zero-order valence-electron chi connectivity index (χ0n) is 11.0. The van der Waals surface area contributed by atoms with Crippen molar-refractivity contribution in [1.29, 1.82) is 0 Å². The molecule has 120 valence electrons. The summed E-state index contributed by atoms with van der Waals surface area (Å²) in [6, 6.07) is 1.73. The summed E-state index contributed by atoms with van der Waals surface area (Å²) in [5.74, 6) is 0.274. The summed E-state index contributed by atoms with van der Waals surface area (Å²) in [6.45, 7) is 0.390. The van der Waals surface area contributed by atoms with Crippen molar-refractivity contribution in [2.75, 3.05) is 29.7 Å². The highest BCUT2D eigenvalue weighted by molar-refractivity contribution is 6.68. The predicted molar refractivity (Wildman–Crippen MR) is 83.6 cm³/mol. The minimum atomic E-state index is -1.15. The fraction of sp³-hybridized carbons (Fsp3) is 0.364. The van der Waals surface area contributed by atoms with Gasteiger partial charge in [0.15, 0.2) is 0 Å². The zero-order valence-corrected chi connectivity index (χ0v) is 13.3. The first-order chi connectivity index (χ1) is 10.3. The van der Waals surface area contributed by atoms with Gasteiger partial charge in [0.25, 0.3) is 16.6 Å². The van der Waals surface area contributed by atoms with Crippen molar-refractivity contribution in [2.24, 2.45) is 0 Å². The van der Waals surface area contributed by atoms with E-state index < -0.39 is 32.0 Å². The molecule has 8 nitrogen and oxygen atoms in total. The van der Waals surface area contributed by atoms with Gasteiger partial charge in [0, 0.05) is 37.0 Å². The smallest absolute Gasteiger partial charge is 0.293 e. The predicted octanol–water partition coefficient (Wildman–Crippen LogP) is 3.17. The maximum atomic E-state index is 11.3. The summed E-state index contributed by atoms with van der Waals surface area (Å²) in [4.78, 5) is 33.3. The average Bonchev–Trinajstić information content (AvgIpc) is 2.45. The molecule has 0 saturated heterocycles. The Morgan fingerprint density at radius 1 is 1.05 bits per heavy atom. The number of alkyl halides is 2. The molecule has 0 atom stereocenters. The van der Waals surface area contributed by atoms with Crippen LogP contribution in [0.5, 0.6) is 0 Å². The van der Waals surface area contributed by atoms with E-state index in [1.807, 2.05) is 0 Å². The van der Waals surface area contributed by atoms with E-state index in [1.165, 1.54) is 4.90 Å².